The average molecular weight is 607 g/mol. The molecule has 3 aliphatic rings. The summed E-state index contributed by atoms with van der Waals surface area (Å²) in [6.45, 7) is 0. The van der Waals surface area contributed by atoms with Crippen LogP contribution in [0.15, 0.2) is 103 Å². The number of anilines is 4. The number of benzene rings is 5. The molecule has 8 rings (SSSR count). The molecule has 0 radical (unpaired) electrons. The minimum atomic E-state index is -0.485. The predicted octanol–water partition coefficient (Wildman–Crippen LogP) is 6.33. The van der Waals surface area contributed by atoms with Crippen molar-refractivity contribution in [2.75, 3.05) is 21.3 Å². The summed E-state index contributed by atoms with van der Waals surface area (Å²) >= 11 is 0. The van der Waals surface area contributed by atoms with Crippen molar-refractivity contribution in [2.45, 2.75) is 18.9 Å². The number of amides is 4. The lowest BCUT2D eigenvalue weighted by molar-refractivity contribution is 0.0908. The largest absolute Gasteiger partial charge is 0.488 e. The van der Waals surface area contributed by atoms with Crippen molar-refractivity contribution in [2.24, 2.45) is 0 Å². The maximum atomic E-state index is 13.8. The molecule has 1 aliphatic carbocycles. The number of nitrogens with zero attached hydrogens (tertiary/aromatic N) is 2. The van der Waals surface area contributed by atoms with Gasteiger partial charge in [-0.05, 0) is 95.8 Å². The van der Waals surface area contributed by atoms with Crippen LogP contribution in [-0.4, -0.2) is 29.7 Å². The molecule has 5 aromatic carbocycles. The van der Waals surface area contributed by atoms with E-state index >= 15 is 0 Å². The summed E-state index contributed by atoms with van der Waals surface area (Å²) in [5.41, 5.74) is 17.8. The summed E-state index contributed by atoms with van der Waals surface area (Å²) in [4.78, 5) is 56.8. The highest BCUT2D eigenvalue weighted by Gasteiger charge is 2.41. The monoisotopic (exact) mass is 606 g/mol. The fourth-order valence-corrected chi connectivity index (χ4v) is 5.93. The fraction of sp³-hybridized carbons (Fsp3) is 0.0811. The minimum Gasteiger partial charge on any atom is -0.488 e. The maximum absolute atomic E-state index is 13.8. The number of nitrogens with two attached hydrogens (primary N) is 2. The minimum absolute atomic E-state index is 0.0917. The number of fused-ring (bicyclic) bond motifs is 2. The zero-order chi connectivity index (χ0) is 31.7. The molecule has 0 saturated heterocycles. The molecule has 9 nitrogen and oxygen atoms in total. The van der Waals surface area contributed by atoms with Gasteiger partial charge in [-0.2, -0.15) is 0 Å². The molecule has 1 fully saturated rings. The Kier molecular flexibility index (Phi) is 6.04. The van der Waals surface area contributed by atoms with Crippen LogP contribution < -0.4 is 26.0 Å². The Bertz CT molecular complexity index is 2140. The molecule has 4 amide bonds. The van der Waals surface area contributed by atoms with Gasteiger partial charge in [-0.15, -0.1) is 0 Å². The normalized spacial score (nSPS) is 15.4. The van der Waals surface area contributed by atoms with Crippen LogP contribution in [0.5, 0.6) is 5.75 Å². The van der Waals surface area contributed by atoms with E-state index in [1.807, 2.05) is 24.3 Å². The molecule has 9 heteroatoms. The number of rotatable bonds is 6. The molecule has 0 atom stereocenters. The van der Waals surface area contributed by atoms with Crippen LogP contribution in [0.25, 0.3) is 22.3 Å². The highest BCUT2D eigenvalue weighted by Crippen LogP contribution is 2.42. The lowest BCUT2D eigenvalue weighted by Gasteiger charge is -2.21. The molecule has 0 spiro atoms. The van der Waals surface area contributed by atoms with Crippen molar-refractivity contribution in [1.82, 2.24) is 0 Å². The molecule has 4 N–H and O–H groups in total. The summed E-state index contributed by atoms with van der Waals surface area (Å²) in [6.07, 6.45) is 1.54. The lowest BCUT2D eigenvalue weighted by atomic mass is 10.00. The van der Waals surface area contributed by atoms with Crippen LogP contribution in [-0.2, 0) is 0 Å². The van der Waals surface area contributed by atoms with Crippen molar-refractivity contribution < 1.29 is 23.9 Å². The summed E-state index contributed by atoms with van der Waals surface area (Å²) in [5, 5.41) is 0. The zero-order valence-electron chi connectivity index (χ0n) is 24.4. The van der Waals surface area contributed by atoms with Gasteiger partial charge in [-0.1, -0.05) is 36.4 Å². The Morgan fingerprint density at radius 1 is 0.500 bits per heavy atom. The molecular weight excluding hydrogens is 580 g/mol. The number of hydrogen-bond donors (Lipinski definition) is 2. The number of ether oxygens (including phenoxy) is 1. The van der Waals surface area contributed by atoms with Crippen molar-refractivity contribution in [3.05, 3.63) is 125 Å². The molecule has 224 valence electrons. The quantitative estimate of drug-likeness (QED) is 0.170. The van der Waals surface area contributed by atoms with Gasteiger partial charge in [0.15, 0.2) is 0 Å². The van der Waals surface area contributed by atoms with Crippen LogP contribution in [0.4, 0.5) is 22.7 Å². The van der Waals surface area contributed by atoms with Gasteiger partial charge in [0.1, 0.15) is 5.75 Å². The second-order valence-corrected chi connectivity index (χ2v) is 11.6. The summed E-state index contributed by atoms with van der Waals surface area (Å²) in [5.74, 6) is -1.66. The second-order valence-electron chi connectivity index (χ2n) is 11.6. The Morgan fingerprint density at radius 3 is 1.48 bits per heavy atom. The maximum Gasteiger partial charge on any atom is 0.266 e. The molecule has 2 heterocycles. The summed E-state index contributed by atoms with van der Waals surface area (Å²) in [6, 6.07) is 29.5. The Balaban J connectivity index is 1.13. The van der Waals surface area contributed by atoms with Gasteiger partial charge < -0.3 is 16.2 Å². The van der Waals surface area contributed by atoms with Crippen LogP contribution in [0.1, 0.15) is 54.3 Å². The number of carbonyl (C=O) groups is 4. The fourth-order valence-electron chi connectivity index (χ4n) is 5.93. The molecule has 0 aromatic heterocycles. The molecule has 5 aromatic rings. The third-order valence-corrected chi connectivity index (χ3v) is 8.52. The highest BCUT2D eigenvalue weighted by atomic mass is 16.5. The predicted molar refractivity (Wildman–Crippen MR) is 175 cm³/mol. The number of nitrogen functional groups attached to an aromatic ring is 2. The average Bonchev–Trinajstić information content (AvgIpc) is 3.80. The summed E-state index contributed by atoms with van der Waals surface area (Å²) in [7, 11) is 0. The molecule has 2 aliphatic heterocycles. The number of imide groups is 2. The molecule has 0 unspecified atom stereocenters. The van der Waals surface area contributed by atoms with Gasteiger partial charge in [0.25, 0.3) is 23.6 Å². The van der Waals surface area contributed by atoms with Gasteiger partial charge in [0.2, 0.25) is 0 Å². The third-order valence-electron chi connectivity index (χ3n) is 8.52. The van der Waals surface area contributed by atoms with E-state index < -0.39 is 23.6 Å². The van der Waals surface area contributed by atoms with Crippen LogP contribution in [0.2, 0.25) is 0 Å². The van der Waals surface area contributed by atoms with Gasteiger partial charge in [0.05, 0.1) is 39.7 Å². The molecule has 0 bridgehead atoms. The first-order valence-corrected chi connectivity index (χ1v) is 14.8. The first-order chi connectivity index (χ1) is 22.3. The van der Waals surface area contributed by atoms with E-state index in [1.165, 1.54) is 0 Å². The molecule has 1 saturated carbocycles. The van der Waals surface area contributed by atoms with Crippen molar-refractivity contribution in [1.29, 1.82) is 0 Å². The van der Waals surface area contributed by atoms with Crippen molar-refractivity contribution in [3.8, 4) is 28.0 Å². The van der Waals surface area contributed by atoms with E-state index in [4.69, 9.17) is 16.2 Å². The van der Waals surface area contributed by atoms with Crippen LogP contribution in [0.3, 0.4) is 0 Å². The molecule has 46 heavy (non-hydrogen) atoms. The van der Waals surface area contributed by atoms with Crippen LogP contribution in [0, 0.1) is 0 Å². The lowest BCUT2D eigenvalue weighted by Crippen LogP contribution is -2.31. The van der Waals surface area contributed by atoms with Gasteiger partial charge >= 0.3 is 0 Å². The van der Waals surface area contributed by atoms with Crippen LogP contribution >= 0.6 is 0 Å². The number of carbonyl (C=O) groups excluding carboxylic acids is 4. The molecular formula is C37H26N4O5. The topological polar surface area (TPSA) is 136 Å². The van der Waals surface area contributed by atoms with E-state index in [0.29, 0.717) is 11.4 Å². The van der Waals surface area contributed by atoms with Gasteiger partial charge in [-0.25, -0.2) is 9.80 Å². The third kappa shape index (κ3) is 4.40. The van der Waals surface area contributed by atoms with E-state index in [9.17, 15) is 19.2 Å². The first kappa shape index (κ1) is 27.3. The highest BCUT2D eigenvalue weighted by molar-refractivity contribution is 6.36. The number of hydrogen-bond acceptors (Lipinski definition) is 7. The van der Waals surface area contributed by atoms with Crippen molar-refractivity contribution in [3.63, 3.8) is 0 Å². The summed E-state index contributed by atoms with van der Waals surface area (Å²) < 4.78 is 6.19. The second kappa shape index (κ2) is 10.2. The standard InChI is InChI=1S/C37H26N4O5/c38-24-7-1-20(2-8-24)22-5-14-28-30(17-22)36(44)40(34(28)42)26-11-16-32(33(19-26)46-27-12-13-27)41-35(43)29-15-6-23(18-31(29)37(41)45)21-3-9-25(39)10-4-21/h1-11,14-19,27H,12-13,38-39H2. The van der Waals surface area contributed by atoms with Crippen molar-refractivity contribution >= 4 is 46.4 Å². The Labute approximate surface area is 263 Å². The first-order valence-electron chi connectivity index (χ1n) is 14.8. The SMILES string of the molecule is Nc1ccc(-c2ccc3c(c2)C(=O)N(c2ccc(N4C(=O)c5ccc(-c6ccc(N)cc6)cc5C4=O)c(OC4CC4)c2)C3=O)cc1. The van der Waals surface area contributed by atoms with Gasteiger partial charge in [-0.3, -0.25) is 19.2 Å². The zero-order valence-corrected chi connectivity index (χ0v) is 24.4. The van der Waals surface area contributed by atoms with E-state index in [-0.39, 0.29) is 45.5 Å². The smallest absolute Gasteiger partial charge is 0.266 e. The Morgan fingerprint density at radius 2 is 0.957 bits per heavy atom. The Hall–Kier alpha value is -6.22. The van der Waals surface area contributed by atoms with E-state index in [2.05, 4.69) is 0 Å². The van der Waals surface area contributed by atoms with Gasteiger partial charge in [0, 0.05) is 17.4 Å². The van der Waals surface area contributed by atoms with E-state index in [1.54, 1.807) is 78.9 Å². The van der Waals surface area contributed by atoms with E-state index in [0.717, 1.165) is 44.9 Å².